The van der Waals surface area contributed by atoms with Crippen LogP contribution in [0.25, 0.3) is 0 Å². The summed E-state index contributed by atoms with van der Waals surface area (Å²) in [7, 11) is 0. The number of amides is 1. The second kappa shape index (κ2) is 3.37. The second-order valence-electron chi connectivity index (χ2n) is 4.43. The first-order chi connectivity index (χ1) is 7.24. The van der Waals surface area contributed by atoms with Crippen LogP contribution in [0.3, 0.4) is 0 Å². The number of nitrogens with zero attached hydrogens (tertiary/aromatic N) is 1. The standard InChI is InChI=1S/C11H13BrN2O/c12-7-5-10(11(15)13-8-1-2-8)14(6-7)9-3-4-9/h5-6,8-9H,1-4H2,(H,13,15). The van der Waals surface area contributed by atoms with Gasteiger partial charge in [-0.15, -0.1) is 0 Å². The van der Waals surface area contributed by atoms with E-state index >= 15 is 0 Å². The minimum Gasteiger partial charge on any atom is -0.348 e. The molecule has 2 aliphatic rings. The van der Waals surface area contributed by atoms with E-state index < -0.39 is 0 Å². The number of hydrogen-bond acceptors (Lipinski definition) is 1. The summed E-state index contributed by atoms with van der Waals surface area (Å²) >= 11 is 3.43. The highest BCUT2D eigenvalue weighted by atomic mass is 79.9. The molecule has 0 bridgehead atoms. The van der Waals surface area contributed by atoms with Gasteiger partial charge in [-0.3, -0.25) is 4.79 Å². The highest BCUT2D eigenvalue weighted by Crippen LogP contribution is 2.37. The second-order valence-corrected chi connectivity index (χ2v) is 5.35. The van der Waals surface area contributed by atoms with Gasteiger partial charge in [-0.25, -0.2) is 0 Å². The molecule has 0 radical (unpaired) electrons. The van der Waals surface area contributed by atoms with Gasteiger partial charge in [0, 0.05) is 22.8 Å². The van der Waals surface area contributed by atoms with E-state index in [1.807, 2.05) is 12.3 Å². The molecule has 3 nitrogen and oxygen atoms in total. The summed E-state index contributed by atoms with van der Waals surface area (Å²) in [5, 5.41) is 3.03. The van der Waals surface area contributed by atoms with E-state index in [4.69, 9.17) is 0 Å². The maximum atomic E-state index is 11.9. The Balaban J connectivity index is 1.84. The molecule has 1 amide bonds. The van der Waals surface area contributed by atoms with Gasteiger partial charge in [0.2, 0.25) is 0 Å². The maximum absolute atomic E-state index is 11.9. The van der Waals surface area contributed by atoms with Crippen molar-refractivity contribution < 1.29 is 4.79 Å². The van der Waals surface area contributed by atoms with Crippen molar-refractivity contribution in [3.63, 3.8) is 0 Å². The summed E-state index contributed by atoms with van der Waals surface area (Å²) in [6.45, 7) is 0. The Hall–Kier alpha value is -0.770. The van der Waals surface area contributed by atoms with E-state index in [2.05, 4.69) is 25.8 Å². The lowest BCUT2D eigenvalue weighted by atomic mass is 10.4. The summed E-state index contributed by atoms with van der Waals surface area (Å²) in [5.41, 5.74) is 0.802. The summed E-state index contributed by atoms with van der Waals surface area (Å²) in [5.74, 6) is 0.0788. The maximum Gasteiger partial charge on any atom is 0.268 e. The lowest BCUT2D eigenvalue weighted by Crippen LogP contribution is -2.27. The fourth-order valence-electron chi connectivity index (χ4n) is 1.77. The quantitative estimate of drug-likeness (QED) is 0.898. The van der Waals surface area contributed by atoms with Crippen LogP contribution in [0.1, 0.15) is 42.2 Å². The van der Waals surface area contributed by atoms with Crippen molar-refractivity contribution in [3.05, 3.63) is 22.4 Å². The van der Waals surface area contributed by atoms with Gasteiger partial charge < -0.3 is 9.88 Å². The van der Waals surface area contributed by atoms with Crippen molar-refractivity contribution in [3.8, 4) is 0 Å². The highest BCUT2D eigenvalue weighted by Gasteiger charge is 2.30. The molecule has 2 fully saturated rings. The Bertz CT molecular complexity index is 405. The molecule has 4 heteroatoms. The van der Waals surface area contributed by atoms with Gasteiger partial charge in [-0.05, 0) is 47.7 Å². The number of hydrogen-bond donors (Lipinski definition) is 1. The Morgan fingerprint density at radius 2 is 2.13 bits per heavy atom. The minimum atomic E-state index is 0.0788. The smallest absolute Gasteiger partial charge is 0.268 e. The average Bonchev–Trinajstić information content (AvgIpc) is 3.06. The van der Waals surface area contributed by atoms with E-state index in [1.165, 1.54) is 12.8 Å². The van der Waals surface area contributed by atoms with Gasteiger partial charge in [0.05, 0.1) is 0 Å². The van der Waals surface area contributed by atoms with Crippen LogP contribution >= 0.6 is 15.9 Å². The van der Waals surface area contributed by atoms with E-state index in [0.29, 0.717) is 12.1 Å². The zero-order chi connectivity index (χ0) is 10.4. The zero-order valence-electron chi connectivity index (χ0n) is 8.37. The van der Waals surface area contributed by atoms with Crippen LogP contribution < -0.4 is 5.32 Å². The molecule has 2 aliphatic carbocycles. The normalized spacial score (nSPS) is 20.3. The molecule has 1 aromatic heterocycles. The van der Waals surface area contributed by atoms with Gasteiger partial charge in [0.1, 0.15) is 5.69 Å². The molecule has 3 rings (SSSR count). The zero-order valence-corrected chi connectivity index (χ0v) is 9.96. The van der Waals surface area contributed by atoms with Gasteiger partial charge in [0.15, 0.2) is 0 Å². The Kier molecular flexibility index (Phi) is 2.12. The van der Waals surface area contributed by atoms with Crippen molar-refractivity contribution in [2.24, 2.45) is 0 Å². The first-order valence-corrected chi connectivity index (χ1v) is 6.21. The molecular formula is C11H13BrN2O. The van der Waals surface area contributed by atoms with Crippen LogP contribution in [0.4, 0.5) is 0 Å². The highest BCUT2D eigenvalue weighted by molar-refractivity contribution is 9.10. The van der Waals surface area contributed by atoms with Crippen molar-refractivity contribution >= 4 is 21.8 Å². The summed E-state index contributed by atoms with van der Waals surface area (Å²) in [4.78, 5) is 11.9. The number of rotatable bonds is 3. The number of carbonyl (C=O) groups is 1. The molecule has 1 heterocycles. The van der Waals surface area contributed by atoms with Crippen LogP contribution in [0.2, 0.25) is 0 Å². The summed E-state index contributed by atoms with van der Waals surface area (Å²) in [6, 6.07) is 2.89. The molecule has 15 heavy (non-hydrogen) atoms. The van der Waals surface area contributed by atoms with E-state index in [9.17, 15) is 4.79 Å². The Morgan fingerprint density at radius 1 is 1.40 bits per heavy atom. The van der Waals surface area contributed by atoms with Crippen molar-refractivity contribution in [1.29, 1.82) is 0 Å². The Labute approximate surface area is 97.0 Å². The van der Waals surface area contributed by atoms with E-state index in [-0.39, 0.29) is 5.91 Å². The van der Waals surface area contributed by atoms with E-state index in [0.717, 1.165) is 23.0 Å². The monoisotopic (exact) mass is 268 g/mol. The predicted molar refractivity (Wildman–Crippen MR) is 60.9 cm³/mol. The number of carbonyl (C=O) groups excluding carboxylic acids is 1. The van der Waals surface area contributed by atoms with Gasteiger partial charge >= 0.3 is 0 Å². The minimum absolute atomic E-state index is 0.0788. The van der Waals surface area contributed by atoms with Crippen LogP contribution in [0, 0.1) is 0 Å². The van der Waals surface area contributed by atoms with Crippen LogP contribution in [-0.4, -0.2) is 16.5 Å². The molecule has 0 atom stereocenters. The molecule has 1 aromatic rings. The molecule has 2 saturated carbocycles. The molecule has 0 spiro atoms. The van der Waals surface area contributed by atoms with Crippen LogP contribution in [0.5, 0.6) is 0 Å². The molecule has 0 saturated heterocycles. The summed E-state index contributed by atoms with van der Waals surface area (Å²) < 4.78 is 3.09. The topological polar surface area (TPSA) is 34.0 Å². The lowest BCUT2D eigenvalue weighted by molar-refractivity contribution is 0.0941. The van der Waals surface area contributed by atoms with Crippen molar-refractivity contribution in [2.75, 3.05) is 0 Å². The largest absolute Gasteiger partial charge is 0.348 e. The predicted octanol–water partition coefficient (Wildman–Crippen LogP) is 2.48. The SMILES string of the molecule is O=C(NC1CC1)c1cc(Br)cn1C1CC1. The van der Waals surface area contributed by atoms with Gasteiger partial charge in [-0.2, -0.15) is 0 Å². The van der Waals surface area contributed by atoms with E-state index in [1.54, 1.807) is 0 Å². The first kappa shape index (κ1) is 9.46. The van der Waals surface area contributed by atoms with Crippen LogP contribution in [0.15, 0.2) is 16.7 Å². The van der Waals surface area contributed by atoms with Crippen LogP contribution in [-0.2, 0) is 0 Å². The Morgan fingerprint density at radius 3 is 2.73 bits per heavy atom. The number of halogens is 1. The third-order valence-electron chi connectivity index (χ3n) is 2.90. The van der Waals surface area contributed by atoms with Gasteiger partial charge in [0.25, 0.3) is 5.91 Å². The lowest BCUT2D eigenvalue weighted by Gasteiger charge is -2.07. The molecule has 1 N–H and O–H groups in total. The molecule has 80 valence electrons. The van der Waals surface area contributed by atoms with Crippen molar-refractivity contribution in [1.82, 2.24) is 9.88 Å². The van der Waals surface area contributed by atoms with Gasteiger partial charge in [-0.1, -0.05) is 0 Å². The molecule has 0 aliphatic heterocycles. The number of aromatic nitrogens is 1. The summed E-state index contributed by atoms with van der Waals surface area (Å²) in [6.07, 6.45) is 6.68. The number of nitrogens with one attached hydrogen (secondary N) is 1. The third-order valence-corrected chi connectivity index (χ3v) is 3.33. The first-order valence-electron chi connectivity index (χ1n) is 5.42. The molecular weight excluding hydrogens is 256 g/mol. The molecule has 0 aromatic carbocycles. The van der Waals surface area contributed by atoms with Crippen molar-refractivity contribution in [2.45, 2.75) is 37.8 Å². The third kappa shape index (κ3) is 1.95. The molecule has 0 unspecified atom stereocenters. The average molecular weight is 269 g/mol. The fraction of sp³-hybridized carbons (Fsp3) is 0.545. The fourth-order valence-corrected chi connectivity index (χ4v) is 2.21.